The maximum atomic E-state index is 13.6. The Balaban J connectivity index is 2.56. The molecule has 0 saturated carbocycles. The molecule has 3 nitrogen and oxygen atoms in total. The first-order valence-electron chi connectivity index (χ1n) is 5.42. The quantitative estimate of drug-likeness (QED) is 0.803. The van der Waals surface area contributed by atoms with Crippen LogP contribution in [-0.2, 0) is 11.2 Å². The minimum Gasteiger partial charge on any atom is -0.497 e. The molecule has 0 amide bonds. The van der Waals surface area contributed by atoms with E-state index in [1.807, 2.05) is 6.07 Å². The number of aliphatic carboxylic acids is 1. The number of benzene rings is 1. The van der Waals surface area contributed by atoms with Crippen LogP contribution in [0.25, 0.3) is 5.57 Å². The molecule has 1 aromatic rings. The number of carbonyl (C=O) groups is 1. The average Bonchev–Trinajstić information content (AvgIpc) is 2.36. The van der Waals surface area contributed by atoms with Gasteiger partial charge in [0.05, 0.1) is 7.11 Å². The van der Waals surface area contributed by atoms with Gasteiger partial charge in [0.1, 0.15) is 5.75 Å². The highest BCUT2D eigenvalue weighted by atomic mass is 19.1. The van der Waals surface area contributed by atoms with Gasteiger partial charge in [0, 0.05) is 5.57 Å². The molecule has 0 radical (unpaired) electrons. The molecule has 1 aromatic carbocycles. The number of methoxy groups -OCH3 is 1. The van der Waals surface area contributed by atoms with Crippen LogP contribution in [0, 0.1) is 0 Å². The third-order valence-corrected chi connectivity index (χ3v) is 2.97. The van der Waals surface area contributed by atoms with Crippen LogP contribution in [0.3, 0.4) is 0 Å². The molecule has 2 rings (SSSR count). The molecule has 0 bridgehead atoms. The molecule has 4 heteroatoms. The summed E-state index contributed by atoms with van der Waals surface area (Å²) in [6.45, 7) is 0. The van der Waals surface area contributed by atoms with Crippen molar-refractivity contribution in [3.05, 3.63) is 35.2 Å². The Kier molecular flexibility index (Phi) is 3.13. The van der Waals surface area contributed by atoms with Crippen LogP contribution in [0.1, 0.15) is 24.0 Å². The van der Waals surface area contributed by atoms with Gasteiger partial charge in [0.25, 0.3) is 0 Å². The number of hydrogen-bond donors (Lipinski definition) is 1. The molecular formula is C13H13FO3. The smallest absolute Gasteiger partial charge is 0.365 e. The number of halogens is 1. The van der Waals surface area contributed by atoms with Crippen LogP contribution in [-0.4, -0.2) is 18.2 Å². The monoisotopic (exact) mass is 236 g/mol. The van der Waals surface area contributed by atoms with Crippen molar-refractivity contribution in [2.24, 2.45) is 0 Å². The predicted molar refractivity (Wildman–Crippen MR) is 61.6 cm³/mol. The molecule has 1 N–H and O–H groups in total. The molecule has 0 unspecified atom stereocenters. The number of carboxylic acids is 1. The SMILES string of the molecule is COc1ccc2c(c1)C(=C(F)C(=O)O)CCC2. The third kappa shape index (κ3) is 2.16. The number of fused-ring (bicyclic) bond motifs is 1. The van der Waals surface area contributed by atoms with Gasteiger partial charge in [-0.2, -0.15) is 4.39 Å². The van der Waals surface area contributed by atoms with Gasteiger partial charge in [-0.1, -0.05) is 6.07 Å². The first-order chi connectivity index (χ1) is 8.13. The lowest BCUT2D eigenvalue weighted by molar-refractivity contribution is -0.134. The molecule has 0 aliphatic heterocycles. The zero-order chi connectivity index (χ0) is 12.4. The number of ether oxygens (including phenoxy) is 1. The van der Waals surface area contributed by atoms with Gasteiger partial charge in [-0.3, -0.25) is 0 Å². The van der Waals surface area contributed by atoms with E-state index in [4.69, 9.17) is 9.84 Å². The van der Waals surface area contributed by atoms with Crippen LogP contribution >= 0.6 is 0 Å². The minimum absolute atomic E-state index is 0.276. The molecule has 90 valence electrons. The zero-order valence-corrected chi connectivity index (χ0v) is 9.50. The van der Waals surface area contributed by atoms with Crippen LogP contribution in [0.4, 0.5) is 4.39 Å². The molecule has 1 aliphatic rings. The number of carboxylic acid groups (broad SMARTS) is 1. The van der Waals surface area contributed by atoms with E-state index in [-0.39, 0.29) is 5.57 Å². The fraction of sp³-hybridized carbons (Fsp3) is 0.308. The second-order valence-electron chi connectivity index (χ2n) is 3.97. The van der Waals surface area contributed by atoms with Crippen LogP contribution < -0.4 is 4.74 Å². The molecule has 1 aliphatic carbocycles. The summed E-state index contributed by atoms with van der Waals surface area (Å²) < 4.78 is 18.6. The summed E-state index contributed by atoms with van der Waals surface area (Å²) in [5, 5.41) is 8.72. The van der Waals surface area contributed by atoms with E-state index in [1.165, 1.54) is 7.11 Å². The number of rotatable bonds is 2. The standard InChI is InChI=1S/C13H13FO3/c1-17-9-6-5-8-3-2-4-10(11(8)7-9)12(14)13(15)16/h5-7H,2-4H2,1H3,(H,15,16). The van der Waals surface area contributed by atoms with Gasteiger partial charge in [-0.25, -0.2) is 4.79 Å². The van der Waals surface area contributed by atoms with E-state index in [0.29, 0.717) is 17.7 Å². The van der Waals surface area contributed by atoms with E-state index in [9.17, 15) is 9.18 Å². The first-order valence-corrected chi connectivity index (χ1v) is 5.42. The molecular weight excluding hydrogens is 223 g/mol. The van der Waals surface area contributed by atoms with Gasteiger partial charge >= 0.3 is 5.97 Å². The molecule has 0 saturated heterocycles. The largest absolute Gasteiger partial charge is 0.497 e. The molecule has 0 spiro atoms. The molecule has 0 heterocycles. The molecule has 0 atom stereocenters. The summed E-state index contributed by atoms with van der Waals surface area (Å²) >= 11 is 0. The van der Waals surface area contributed by atoms with E-state index in [0.717, 1.165) is 18.4 Å². The topological polar surface area (TPSA) is 46.5 Å². The summed E-state index contributed by atoms with van der Waals surface area (Å²) in [5.41, 5.74) is 1.91. The third-order valence-electron chi connectivity index (χ3n) is 2.97. The fourth-order valence-corrected chi connectivity index (χ4v) is 2.13. The maximum Gasteiger partial charge on any atom is 0.365 e. The lowest BCUT2D eigenvalue weighted by Crippen LogP contribution is -2.07. The zero-order valence-electron chi connectivity index (χ0n) is 9.50. The Labute approximate surface area is 98.5 Å². The highest BCUT2D eigenvalue weighted by Gasteiger charge is 2.22. The van der Waals surface area contributed by atoms with Gasteiger partial charge in [-0.15, -0.1) is 0 Å². The lowest BCUT2D eigenvalue weighted by atomic mass is 9.86. The molecule has 0 aromatic heterocycles. The summed E-state index contributed by atoms with van der Waals surface area (Å²) in [6.07, 6.45) is 2.07. The van der Waals surface area contributed by atoms with Crippen molar-refractivity contribution in [3.63, 3.8) is 0 Å². The maximum absolute atomic E-state index is 13.6. The van der Waals surface area contributed by atoms with E-state index in [1.54, 1.807) is 12.1 Å². The Morgan fingerprint density at radius 1 is 1.41 bits per heavy atom. The van der Waals surface area contributed by atoms with Gasteiger partial charge in [0.2, 0.25) is 5.83 Å². The van der Waals surface area contributed by atoms with E-state index >= 15 is 0 Å². The summed E-state index contributed by atoms with van der Waals surface area (Å²) in [5.74, 6) is -1.95. The van der Waals surface area contributed by atoms with E-state index < -0.39 is 11.8 Å². The van der Waals surface area contributed by atoms with Crippen LogP contribution in [0.2, 0.25) is 0 Å². The average molecular weight is 236 g/mol. The normalized spacial score (nSPS) is 17.3. The van der Waals surface area contributed by atoms with Crippen molar-refractivity contribution < 1.29 is 19.0 Å². The molecule has 0 fully saturated rings. The van der Waals surface area contributed by atoms with E-state index in [2.05, 4.69) is 0 Å². The number of allylic oxidation sites excluding steroid dienone is 1. The van der Waals surface area contributed by atoms with Crippen molar-refractivity contribution in [3.8, 4) is 5.75 Å². The van der Waals surface area contributed by atoms with Crippen LogP contribution in [0.5, 0.6) is 5.75 Å². The Morgan fingerprint density at radius 3 is 2.82 bits per heavy atom. The highest BCUT2D eigenvalue weighted by Crippen LogP contribution is 2.35. The fourth-order valence-electron chi connectivity index (χ4n) is 2.13. The van der Waals surface area contributed by atoms with Crippen molar-refractivity contribution in [2.75, 3.05) is 7.11 Å². The summed E-state index contributed by atoms with van der Waals surface area (Å²) in [6, 6.07) is 5.37. The van der Waals surface area contributed by atoms with Gasteiger partial charge in [0.15, 0.2) is 0 Å². The number of hydrogen-bond acceptors (Lipinski definition) is 2. The predicted octanol–water partition coefficient (Wildman–Crippen LogP) is 2.80. The number of aryl methyl sites for hydroxylation is 1. The van der Waals surface area contributed by atoms with Crippen molar-refractivity contribution in [1.29, 1.82) is 0 Å². The Morgan fingerprint density at radius 2 is 2.18 bits per heavy atom. The second-order valence-corrected chi connectivity index (χ2v) is 3.97. The molecule has 17 heavy (non-hydrogen) atoms. The second kappa shape index (κ2) is 4.57. The van der Waals surface area contributed by atoms with Crippen molar-refractivity contribution in [1.82, 2.24) is 0 Å². The Hall–Kier alpha value is -1.84. The van der Waals surface area contributed by atoms with Gasteiger partial charge in [-0.05, 0) is 42.5 Å². The van der Waals surface area contributed by atoms with Crippen LogP contribution in [0.15, 0.2) is 24.0 Å². The minimum atomic E-state index is -1.50. The summed E-state index contributed by atoms with van der Waals surface area (Å²) in [7, 11) is 1.53. The Bertz CT molecular complexity index is 491. The lowest BCUT2D eigenvalue weighted by Gasteiger charge is -2.19. The van der Waals surface area contributed by atoms with Crippen molar-refractivity contribution >= 4 is 11.5 Å². The first kappa shape index (κ1) is 11.6. The van der Waals surface area contributed by atoms with Crippen molar-refractivity contribution in [2.45, 2.75) is 19.3 Å². The summed E-state index contributed by atoms with van der Waals surface area (Å²) in [4.78, 5) is 10.7. The van der Waals surface area contributed by atoms with Gasteiger partial charge < -0.3 is 9.84 Å². The highest BCUT2D eigenvalue weighted by molar-refractivity contribution is 5.94.